The molecule has 4 rings (SSSR count). The molecule has 0 bridgehead atoms. The second-order valence-electron chi connectivity index (χ2n) is 8.20. The minimum Gasteiger partial charge on any atom is -0.489 e. The van der Waals surface area contributed by atoms with E-state index in [1.807, 2.05) is 0 Å². The molecule has 0 fully saturated rings. The number of pyridine rings is 1. The third kappa shape index (κ3) is 5.18. The largest absolute Gasteiger partial charge is 0.489 e. The fourth-order valence-corrected chi connectivity index (χ4v) is 4.18. The maximum absolute atomic E-state index is 13.9. The molecule has 35 heavy (non-hydrogen) atoms. The molecule has 1 aromatic heterocycles. The molecule has 1 aliphatic carbocycles. The van der Waals surface area contributed by atoms with Crippen LogP contribution >= 0.6 is 0 Å². The predicted molar refractivity (Wildman–Crippen MR) is 119 cm³/mol. The molecule has 2 aromatic carbocycles. The van der Waals surface area contributed by atoms with Crippen LogP contribution in [0.4, 0.5) is 22.0 Å². The first-order valence-electron chi connectivity index (χ1n) is 10.8. The van der Waals surface area contributed by atoms with Crippen molar-refractivity contribution < 1.29 is 36.6 Å². The van der Waals surface area contributed by atoms with E-state index >= 15 is 0 Å². The molecule has 0 aliphatic heterocycles. The van der Waals surface area contributed by atoms with Crippen molar-refractivity contribution in [2.24, 2.45) is 0 Å². The Bertz CT molecular complexity index is 1330. The van der Waals surface area contributed by atoms with Gasteiger partial charge in [0.2, 0.25) is 0 Å². The molecule has 0 radical (unpaired) electrons. The van der Waals surface area contributed by atoms with E-state index in [0.29, 0.717) is 47.7 Å². The Morgan fingerprint density at radius 3 is 2.49 bits per heavy atom. The second kappa shape index (κ2) is 9.48. The summed E-state index contributed by atoms with van der Waals surface area (Å²) < 4.78 is 74.3. The Morgan fingerprint density at radius 2 is 1.80 bits per heavy atom. The summed E-state index contributed by atoms with van der Waals surface area (Å²) in [6.07, 6.45) is -1.78. The number of ether oxygens (including phenoxy) is 1. The molecule has 0 saturated carbocycles. The molecule has 0 atom stereocenters. The summed E-state index contributed by atoms with van der Waals surface area (Å²) in [5.74, 6) is -2.65. The van der Waals surface area contributed by atoms with Gasteiger partial charge in [-0.2, -0.15) is 13.2 Å². The summed E-state index contributed by atoms with van der Waals surface area (Å²) in [6.45, 7) is 1.25. The maximum Gasteiger partial charge on any atom is 0.417 e. The highest BCUT2D eigenvalue weighted by atomic mass is 19.4. The number of carbonyl (C=O) groups is 1. The van der Waals surface area contributed by atoms with Crippen molar-refractivity contribution in [3.05, 3.63) is 93.8 Å². The molecule has 0 unspecified atom stereocenters. The molecule has 182 valence electrons. The molecule has 0 amide bonds. The number of hydrogen-bond donors (Lipinski definition) is 1. The fourth-order valence-electron chi connectivity index (χ4n) is 4.18. The number of aromatic nitrogens is 1. The molecular weight excluding hydrogens is 469 g/mol. The van der Waals surface area contributed by atoms with Gasteiger partial charge in [0.1, 0.15) is 24.0 Å². The molecule has 4 nitrogen and oxygen atoms in total. The number of carboxylic acid groups (broad SMARTS) is 1. The summed E-state index contributed by atoms with van der Waals surface area (Å²) in [5, 5.41) is 9.42. The van der Waals surface area contributed by atoms with Crippen molar-refractivity contribution >= 4 is 17.1 Å². The number of halogens is 5. The van der Waals surface area contributed by atoms with E-state index in [-0.39, 0.29) is 29.0 Å². The number of allylic oxidation sites excluding steroid dienone is 2. The summed E-state index contributed by atoms with van der Waals surface area (Å²) >= 11 is 0. The van der Waals surface area contributed by atoms with Gasteiger partial charge in [0.05, 0.1) is 16.8 Å². The molecule has 1 N–H and O–H groups in total. The molecular formula is C26H20F5NO3. The number of aromatic carboxylic acids is 1. The van der Waals surface area contributed by atoms with Gasteiger partial charge < -0.3 is 9.84 Å². The first-order chi connectivity index (χ1) is 16.5. The Kier molecular flexibility index (Phi) is 6.60. The highest BCUT2D eigenvalue weighted by Crippen LogP contribution is 2.45. The van der Waals surface area contributed by atoms with Crippen LogP contribution in [0.1, 0.15) is 57.6 Å². The molecule has 9 heteroatoms. The lowest BCUT2D eigenvalue weighted by Crippen LogP contribution is -2.10. The van der Waals surface area contributed by atoms with E-state index in [4.69, 9.17) is 4.74 Å². The van der Waals surface area contributed by atoms with Gasteiger partial charge in [-0.3, -0.25) is 4.98 Å². The van der Waals surface area contributed by atoms with E-state index in [2.05, 4.69) is 4.98 Å². The van der Waals surface area contributed by atoms with Crippen molar-refractivity contribution in [3.8, 4) is 5.75 Å². The van der Waals surface area contributed by atoms with Gasteiger partial charge in [-0.05, 0) is 84.9 Å². The van der Waals surface area contributed by atoms with Crippen molar-refractivity contribution in [3.63, 3.8) is 0 Å². The third-order valence-corrected chi connectivity index (χ3v) is 5.91. The van der Waals surface area contributed by atoms with Gasteiger partial charge in [0.15, 0.2) is 0 Å². The third-order valence-electron chi connectivity index (χ3n) is 5.91. The van der Waals surface area contributed by atoms with Crippen LogP contribution < -0.4 is 4.74 Å². The van der Waals surface area contributed by atoms with Crippen molar-refractivity contribution in [1.29, 1.82) is 0 Å². The molecule has 3 aromatic rings. The average molecular weight is 489 g/mol. The van der Waals surface area contributed by atoms with Crippen molar-refractivity contribution in [2.75, 3.05) is 0 Å². The van der Waals surface area contributed by atoms with Crippen LogP contribution in [0.5, 0.6) is 5.75 Å². The van der Waals surface area contributed by atoms with E-state index < -0.39 is 29.3 Å². The van der Waals surface area contributed by atoms with Crippen LogP contribution in [-0.2, 0) is 12.8 Å². The van der Waals surface area contributed by atoms with Gasteiger partial charge in [0.25, 0.3) is 0 Å². The average Bonchev–Trinajstić information content (AvgIpc) is 3.27. The van der Waals surface area contributed by atoms with Gasteiger partial charge in [0, 0.05) is 17.8 Å². The number of rotatable bonds is 6. The molecule has 0 spiro atoms. The Labute approximate surface area is 197 Å². The SMILES string of the molecule is Cc1ncc(C2=C(c3cc(OCc4ccc(F)cc4F)ccc3C(F)(F)F)CCC2)cc1C(=O)O. The summed E-state index contributed by atoms with van der Waals surface area (Å²) in [7, 11) is 0. The first-order valence-corrected chi connectivity index (χ1v) is 10.8. The van der Waals surface area contributed by atoms with Crippen LogP contribution in [0, 0.1) is 18.6 Å². The van der Waals surface area contributed by atoms with Crippen LogP contribution in [0.2, 0.25) is 0 Å². The minimum atomic E-state index is -4.64. The van der Waals surface area contributed by atoms with Gasteiger partial charge in [-0.1, -0.05) is 0 Å². The number of nitrogens with zero attached hydrogens (tertiary/aromatic N) is 1. The van der Waals surface area contributed by atoms with E-state index in [1.165, 1.54) is 24.4 Å². The number of hydrogen-bond acceptors (Lipinski definition) is 3. The highest BCUT2D eigenvalue weighted by Gasteiger charge is 2.35. The highest BCUT2D eigenvalue weighted by molar-refractivity contribution is 5.96. The summed E-state index contributed by atoms with van der Waals surface area (Å²) in [5.41, 5.74) is 0.876. The van der Waals surface area contributed by atoms with Gasteiger partial charge >= 0.3 is 12.1 Å². The molecule has 1 heterocycles. The van der Waals surface area contributed by atoms with Gasteiger partial charge in [-0.25, -0.2) is 13.6 Å². The number of aryl methyl sites for hydroxylation is 1. The second-order valence-corrected chi connectivity index (χ2v) is 8.20. The van der Waals surface area contributed by atoms with Crippen molar-refractivity contribution in [2.45, 2.75) is 39.0 Å². The van der Waals surface area contributed by atoms with Crippen LogP contribution in [-0.4, -0.2) is 16.1 Å². The summed E-state index contributed by atoms with van der Waals surface area (Å²) in [4.78, 5) is 15.6. The zero-order valence-corrected chi connectivity index (χ0v) is 18.5. The van der Waals surface area contributed by atoms with E-state index in [9.17, 15) is 31.9 Å². The Morgan fingerprint density at radius 1 is 1.06 bits per heavy atom. The van der Waals surface area contributed by atoms with E-state index in [0.717, 1.165) is 18.2 Å². The lowest BCUT2D eigenvalue weighted by atomic mass is 9.93. The number of benzene rings is 2. The Hall–Kier alpha value is -3.75. The van der Waals surface area contributed by atoms with Gasteiger partial charge in [-0.15, -0.1) is 0 Å². The standard InChI is InChI=1S/C26H20F5NO3/c1-14-21(25(33)34)9-16(12-32-14)19-3-2-4-20(19)22-11-18(7-8-23(22)26(29,30)31)35-13-15-5-6-17(27)10-24(15)28/h5-12H,2-4,13H2,1H3,(H,33,34). The summed E-state index contributed by atoms with van der Waals surface area (Å²) in [6, 6.07) is 7.71. The fraction of sp³-hybridized carbons (Fsp3) is 0.231. The van der Waals surface area contributed by atoms with Crippen LogP contribution in [0.25, 0.3) is 11.1 Å². The monoisotopic (exact) mass is 489 g/mol. The zero-order valence-electron chi connectivity index (χ0n) is 18.5. The topological polar surface area (TPSA) is 59.4 Å². The number of carboxylic acids is 1. The van der Waals surface area contributed by atoms with Crippen LogP contribution in [0.15, 0.2) is 48.7 Å². The maximum atomic E-state index is 13.9. The predicted octanol–water partition coefficient (Wildman–Crippen LogP) is 7.06. The van der Waals surface area contributed by atoms with Crippen LogP contribution in [0.3, 0.4) is 0 Å². The van der Waals surface area contributed by atoms with Crippen molar-refractivity contribution in [1.82, 2.24) is 4.98 Å². The molecule has 1 aliphatic rings. The lowest BCUT2D eigenvalue weighted by Gasteiger charge is -2.18. The Balaban J connectivity index is 1.76. The lowest BCUT2D eigenvalue weighted by molar-refractivity contribution is -0.137. The first kappa shape index (κ1) is 24.4. The van der Waals surface area contributed by atoms with E-state index in [1.54, 1.807) is 6.92 Å². The normalized spacial score (nSPS) is 13.9. The minimum absolute atomic E-state index is 0.0179. The molecule has 0 saturated heterocycles. The smallest absolute Gasteiger partial charge is 0.417 e. The zero-order chi connectivity index (χ0) is 25.3. The quantitative estimate of drug-likeness (QED) is 0.377. The number of alkyl halides is 3.